The summed E-state index contributed by atoms with van der Waals surface area (Å²) in [5.41, 5.74) is 3.56. The Morgan fingerprint density at radius 1 is 1.06 bits per heavy atom. The van der Waals surface area contributed by atoms with E-state index in [1.807, 2.05) is 38.1 Å². The van der Waals surface area contributed by atoms with Crippen LogP contribution in [0, 0.1) is 24.0 Å². The number of nitrogens with zero attached hydrogens (tertiary/aromatic N) is 4. The number of ether oxygens (including phenoxy) is 1. The SMILES string of the molecule is Cc1cc(C)c2c(c1)OC1(CCN(c3ccc(-c4cccc([N+](=O)[O-])c4)nn3)CC1)CC2=O. The molecular formula is C25H24N4O4. The number of carbonyl (C=O) groups is 1. The third-order valence-electron chi connectivity index (χ3n) is 6.53. The minimum absolute atomic E-state index is 0.0219. The number of fused-ring (bicyclic) bond motifs is 1. The molecule has 0 bridgehead atoms. The van der Waals surface area contributed by atoms with Crippen LogP contribution in [0.1, 0.15) is 40.7 Å². The highest BCUT2D eigenvalue weighted by molar-refractivity contribution is 6.01. The van der Waals surface area contributed by atoms with Crippen LogP contribution in [-0.4, -0.2) is 39.6 Å². The van der Waals surface area contributed by atoms with Crippen molar-refractivity contribution in [2.75, 3.05) is 18.0 Å². The molecule has 0 radical (unpaired) electrons. The van der Waals surface area contributed by atoms with Gasteiger partial charge in [-0.25, -0.2) is 0 Å². The second-order valence-corrected chi connectivity index (χ2v) is 8.91. The van der Waals surface area contributed by atoms with Crippen molar-refractivity contribution in [1.82, 2.24) is 10.2 Å². The standard InChI is InChI=1S/C25H24N4O4/c1-16-12-17(2)24-21(30)15-25(33-22(24)13-16)8-10-28(11-9-25)23-7-6-20(26-27-23)18-4-3-5-19(14-18)29(31)32/h3-7,12-14H,8-11,15H2,1-2H3. The number of hydrogen-bond acceptors (Lipinski definition) is 7. The summed E-state index contributed by atoms with van der Waals surface area (Å²) in [6.07, 6.45) is 1.84. The summed E-state index contributed by atoms with van der Waals surface area (Å²) < 4.78 is 6.45. The van der Waals surface area contributed by atoms with Gasteiger partial charge in [-0.05, 0) is 43.2 Å². The lowest BCUT2D eigenvalue weighted by Gasteiger charge is -2.44. The molecule has 0 atom stereocenters. The molecule has 0 unspecified atom stereocenters. The highest BCUT2D eigenvalue weighted by atomic mass is 16.6. The Morgan fingerprint density at radius 2 is 1.85 bits per heavy atom. The minimum Gasteiger partial charge on any atom is -0.486 e. The third-order valence-corrected chi connectivity index (χ3v) is 6.53. The van der Waals surface area contributed by atoms with E-state index in [1.165, 1.54) is 12.1 Å². The Labute approximate surface area is 191 Å². The number of nitro benzene ring substituents is 1. The number of anilines is 1. The van der Waals surface area contributed by atoms with E-state index in [2.05, 4.69) is 15.1 Å². The summed E-state index contributed by atoms with van der Waals surface area (Å²) in [7, 11) is 0. The number of rotatable bonds is 3. The number of nitro groups is 1. The molecule has 1 saturated heterocycles. The zero-order valence-electron chi connectivity index (χ0n) is 18.6. The highest BCUT2D eigenvalue weighted by Crippen LogP contribution is 2.41. The van der Waals surface area contributed by atoms with Gasteiger partial charge in [-0.1, -0.05) is 18.2 Å². The summed E-state index contributed by atoms with van der Waals surface area (Å²) >= 11 is 0. The molecule has 1 spiro atoms. The molecule has 33 heavy (non-hydrogen) atoms. The largest absolute Gasteiger partial charge is 0.486 e. The predicted octanol–water partition coefficient (Wildman–Crippen LogP) is 4.67. The van der Waals surface area contributed by atoms with Gasteiger partial charge in [0.05, 0.1) is 22.6 Å². The van der Waals surface area contributed by atoms with Crippen LogP contribution in [0.3, 0.4) is 0 Å². The maximum Gasteiger partial charge on any atom is 0.270 e. The summed E-state index contributed by atoms with van der Waals surface area (Å²) in [4.78, 5) is 25.7. The normalized spacial score (nSPS) is 16.9. The molecule has 3 heterocycles. The Balaban J connectivity index is 1.30. The number of ketones is 1. The molecule has 0 amide bonds. The van der Waals surface area contributed by atoms with E-state index in [9.17, 15) is 14.9 Å². The van der Waals surface area contributed by atoms with Crippen LogP contribution < -0.4 is 9.64 Å². The molecule has 2 aliphatic heterocycles. The summed E-state index contributed by atoms with van der Waals surface area (Å²) in [5, 5.41) is 19.7. The average molecular weight is 444 g/mol. The van der Waals surface area contributed by atoms with Gasteiger partial charge in [-0.15, -0.1) is 10.2 Å². The van der Waals surface area contributed by atoms with Crippen molar-refractivity contribution in [1.29, 1.82) is 0 Å². The van der Waals surface area contributed by atoms with Crippen LogP contribution in [0.25, 0.3) is 11.3 Å². The Kier molecular flexibility index (Phi) is 5.08. The predicted molar refractivity (Wildman–Crippen MR) is 124 cm³/mol. The van der Waals surface area contributed by atoms with E-state index in [-0.39, 0.29) is 11.5 Å². The molecule has 3 aromatic rings. The van der Waals surface area contributed by atoms with Crippen LogP contribution in [0.4, 0.5) is 11.5 Å². The molecule has 0 saturated carbocycles. The van der Waals surface area contributed by atoms with Gasteiger partial charge >= 0.3 is 0 Å². The minimum atomic E-state index is -0.475. The maximum atomic E-state index is 12.9. The van der Waals surface area contributed by atoms with Crippen molar-refractivity contribution < 1.29 is 14.5 Å². The summed E-state index contributed by atoms with van der Waals surface area (Å²) in [5.74, 6) is 1.61. The number of hydrogen-bond donors (Lipinski definition) is 0. The monoisotopic (exact) mass is 444 g/mol. The second-order valence-electron chi connectivity index (χ2n) is 8.91. The van der Waals surface area contributed by atoms with E-state index >= 15 is 0 Å². The highest BCUT2D eigenvalue weighted by Gasteiger charge is 2.43. The van der Waals surface area contributed by atoms with Gasteiger partial charge in [0.2, 0.25) is 0 Å². The molecule has 168 valence electrons. The molecule has 8 nitrogen and oxygen atoms in total. The number of non-ortho nitro benzene ring substituents is 1. The topological polar surface area (TPSA) is 98.5 Å². The van der Waals surface area contributed by atoms with Gasteiger partial charge < -0.3 is 9.64 Å². The van der Waals surface area contributed by atoms with E-state index in [0.717, 1.165) is 35.3 Å². The van der Waals surface area contributed by atoms with E-state index < -0.39 is 10.5 Å². The quantitative estimate of drug-likeness (QED) is 0.427. The number of benzene rings is 2. The van der Waals surface area contributed by atoms with Crippen molar-refractivity contribution >= 4 is 17.3 Å². The molecule has 5 rings (SSSR count). The van der Waals surface area contributed by atoms with Crippen molar-refractivity contribution in [3.8, 4) is 17.0 Å². The average Bonchev–Trinajstić information content (AvgIpc) is 2.79. The zero-order chi connectivity index (χ0) is 23.2. The fourth-order valence-electron chi connectivity index (χ4n) is 4.87. The Hall–Kier alpha value is -3.81. The van der Waals surface area contributed by atoms with Gasteiger partial charge in [0.25, 0.3) is 5.69 Å². The van der Waals surface area contributed by atoms with Gasteiger partial charge in [0.15, 0.2) is 11.6 Å². The second kappa shape index (κ2) is 7.95. The van der Waals surface area contributed by atoms with Crippen molar-refractivity contribution in [3.63, 3.8) is 0 Å². The zero-order valence-corrected chi connectivity index (χ0v) is 18.6. The number of piperidine rings is 1. The van der Waals surface area contributed by atoms with Gasteiger partial charge in [-0.3, -0.25) is 14.9 Å². The first-order valence-electron chi connectivity index (χ1n) is 11.0. The van der Waals surface area contributed by atoms with Crippen molar-refractivity contribution in [3.05, 3.63) is 75.3 Å². The number of Topliss-reactive ketones (excluding diaryl/α,β-unsaturated/α-hetero) is 1. The third kappa shape index (κ3) is 3.92. The Bertz CT molecular complexity index is 1250. The lowest BCUT2D eigenvalue weighted by molar-refractivity contribution is -0.384. The summed E-state index contributed by atoms with van der Waals surface area (Å²) in [6.45, 7) is 5.39. The fourth-order valence-corrected chi connectivity index (χ4v) is 4.87. The van der Waals surface area contributed by atoms with Crippen LogP contribution >= 0.6 is 0 Å². The number of aromatic nitrogens is 2. The van der Waals surface area contributed by atoms with Crippen molar-refractivity contribution in [2.45, 2.75) is 38.7 Å². The van der Waals surface area contributed by atoms with Gasteiger partial charge in [0, 0.05) is 43.6 Å². The first kappa shape index (κ1) is 21.1. The summed E-state index contributed by atoms with van der Waals surface area (Å²) in [6, 6.07) is 14.1. The molecule has 0 N–H and O–H groups in total. The van der Waals surface area contributed by atoms with Crippen LogP contribution in [0.15, 0.2) is 48.5 Å². The first-order valence-corrected chi connectivity index (χ1v) is 11.0. The maximum absolute atomic E-state index is 12.9. The van der Waals surface area contributed by atoms with E-state index in [4.69, 9.17) is 4.74 Å². The first-order chi connectivity index (χ1) is 15.8. The Morgan fingerprint density at radius 3 is 2.55 bits per heavy atom. The van der Waals surface area contributed by atoms with Crippen molar-refractivity contribution in [2.24, 2.45) is 0 Å². The molecule has 0 aliphatic carbocycles. The van der Waals surface area contributed by atoms with E-state index in [0.29, 0.717) is 36.5 Å². The molecule has 1 fully saturated rings. The van der Waals surface area contributed by atoms with Gasteiger partial charge in [0.1, 0.15) is 11.4 Å². The molecule has 1 aromatic heterocycles. The fraction of sp³-hybridized carbons (Fsp3) is 0.320. The van der Waals surface area contributed by atoms with Crippen LogP contribution in [-0.2, 0) is 0 Å². The molecule has 8 heteroatoms. The van der Waals surface area contributed by atoms with Crippen LogP contribution in [0.2, 0.25) is 0 Å². The molecular weight excluding hydrogens is 420 g/mol. The lowest BCUT2D eigenvalue weighted by atomic mass is 9.81. The lowest BCUT2D eigenvalue weighted by Crippen LogP contribution is -2.51. The van der Waals surface area contributed by atoms with Gasteiger partial charge in [-0.2, -0.15) is 0 Å². The molecule has 2 aromatic carbocycles. The van der Waals surface area contributed by atoms with E-state index in [1.54, 1.807) is 12.1 Å². The molecule has 2 aliphatic rings. The van der Waals surface area contributed by atoms with Crippen LogP contribution in [0.5, 0.6) is 5.75 Å². The smallest absolute Gasteiger partial charge is 0.270 e. The number of carbonyl (C=O) groups excluding carboxylic acids is 1. The number of aryl methyl sites for hydroxylation is 2.